The number of halogens is 1. The summed E-state index contributed by atoms with van der Waals surface area (Å²) in [6.07, 6.45) is 11.2. The lowest BCUT2D eigenvalue weighted by atomic mass is 9.87. The van der Waals surface area contributed by atoms with E-state index in [4.69, 9.17) is 21.3 Å². The number of nitrogens with zero attached hydrogens (tertiary/aromatic N) is 3. The summed E-state index contributed by atoms with van der Waals surface area (Å²) >= 11 is 6.23. The number of aromatic nitrogens is 4. The monoisotopic (exact) mass is 454 g/mol. The highest BCUT2D eigenvalue weighted by atomic mass is 35.5. The van der Waals surface area contributed by atoms with Crippen LogP contribution in [0.1, 0.15) is 35.6 Å². The van der Waals surface area contributed by atoms with Crippen molar-refractivity contribution in [3.8, 4) is 17.1 Å². The van der Waals surface area contributed by atoms with Gasteiger partial charge in [0.1, 0.15) is 6.61 Å². The minimum absolute atomic E-state index is 0.281. The molecule has 3 aromatic heterocycles. The van der Waals surface area contributed by atoms with Gasteiger partial charge in [-0.05, 0) is 48.1 Å². The van der Waals surface area contributed by atoms with Crippen LogP contribution >= 0.6 is 11.6 Å². The van der Waals surface area contributed by atoms with E-state index in [9.17, 15) is 0 Å². The van der Waals surface area contributed by atoms with E-state index in [1.807, 2.05) is 61.2 Å². The van der Waals surface area contributed by atoms with Crippen LogP contribution in [0.25, 0.3) is 22.2 Å². The molecule has 1 unspecified atom stereocenters. The van der Waals surface area contributed by atoms with Gasteiger partial charge in [-0.15, -0.1) is 0 Å². The molecular formula is C27H23ClN4O. The number of rotatable bonds is 5. The smallest absolute Gasteiger partial charge is 0.214 e. The second-order valence-electron chi connectivity index (χ2n) is 8.50. The van der Waals surface area contributed by atoms with E-state index >= 15 is 0 Å². The zero-order valence-electron chi connectivity index (χ0n) is 18.0. The van der Waals surface area contributed by atoms with Crippen LogP contribution in [0, 0.1) is 0 Å². The predicted molar refractivity (Wildman–Crippen MR) is 131 cm³/mol. The lowest BCUT2D eigenvalue weighted by Gasteiger charge is -2.26. The molecule has 1 N–H and O–H groups in total. The molecule has 1 atom stereocenters. The van der Waals surface area contributed by atoms with Crippen LogP contribution in [-0.4, -0.2) is 19.5 Å². The zero-order valence-corrected chi connectivity index (χ0v) is 18.8. The van der Waals surface area contributed by atoms with Crippen molar-refractivity contribution in [1.82, 2.24) is 19.5 Å². The standard InChI is InChI=1S/C27H23ClN4O/c28-20-9-10-21-19(11-20)7-4-8-26(21)32-15-25(31-17-32)23-13-29-24-14-30-27(12-22(23)24)33-16-18-5-2-1-3-6-18/h1-3,5-6,9-15,17,26,29H,4,7-8,16H2. The van der Waals surface area contributed by atoms with E-state index in [1.54, 1.807) is 0 Å². The number of benzene rings is 2. The molecule has 0 saturated heterocycles. The Morgan fingerprint density at radius 1 is 1.09 bits per heavy atom. The normalized spacial score (nSPS) is 15.5. The zero-order chi connectivity index (χ0) is 22.2. The number of imidazole rings is 1. The van der Waals surface area contributed by atoms with Crippen LogP contribution < -0.4 is 4.74 Å². The average molecular weight is 455 g/mol. The molecule has 33 heavy (non-hydrogen) atoms. The van der Waals surface area contributed by atoms with Gasteiger partial charge in [0.25, 0.3) is 0 Å². The van der Waals surface area contributed by atoms with Gasteiger partial charge in [-0.3, -0.25) is 0 Å². The van der Waals surface area contributed by atoms with Crippen molar-refractivity contribution in [3.63, 3.8) is 0 Å². The van der Waals surface area contributed by atoms with Gasteiger partial charge >= 0.3 is 0 Å². The lowest BCUT2D eigenvalue weighted by Crippen LogP contribution is -2.16. The summed E-state index contributed by atoms with van der Waals surface area (Å²) in [6.45, 7) is 0.485. The molecule has 6 rings (SSSR count). The van der Waals surface area contributed by atoms with Crippen molar-refractivity contribution in [2.45, 2.75) is 31.9 Å². The van der Waals surface area contributed by atoms with Crippen LogP contribution in [0.3, 0.4) is 0 Å². The molecular weight excluding hydrogens is 432 g/mol. The van der Waals surface area contributed by atoms with Crippen molar-refractivity contribution >= 4 is 22.5 Å². The van der Waals surface area contributed by atoms with Crippen molar-refractivity contribution in [1.29, 1.82) is 0 Å². The second kappa shape index (κ2) is 8.41. The fourth-order valence-corrected chi connectivity index (χ4v) is 4.93. The Morgan fingerprint density at radius 3 is 2.91 bits per heavy atom. The van der Waals surface area contributed by atoms with Crippen molar-refractivity contribution in [3.05, 3.63) is 101 Å². The van der Waals surface area contributed by atoms with Crippen LogP contribution in [0.15, 0.2) is 79.5 Å². The molecule has 0 bridgehead atoms. The third kappa shape index (κ3) is 3.89. The molecule has 0 spiro atoms. The first-order valence-corrected chi connectivity index (χ1v) is 11.6. The molecule has 2 aromatic carbocycles. The highest BCUT2D eigenvalue weighted by Gasteiger charge is 2.22. The quantitative estimate of drug-likeness (QED) is 0.326. The van der Waals surface area contributed by atoms with E-state index < -0.39 is 0 Å². The van der Waals surface area contributed by atoms with Gasteiger partial charge in [-0.25, -0.2) is 9.97 Å². The van der Waals surface area contributed by atoms with Crippen molar-refractivity contribution in [2.24, 2.45) is 0 Å². The Balaban J connectivity index is 1.29. The minimum atomic E-state index is 0.281. The van der Waals surface area contributed by atoms with E-state index in [-0.39, 0.29) is 6.04 Å². The summed E-state index contributed by atoms with van der Waals surface area (Å²) < 4.78 is 8.18. The fourth-order valence-electron chi connectivity index (χ4n) is 4.74. The molecule has 5 aromatic rings. The van der Waals surface area contributed by atoms with E-state index in [1.165, 1.54) is 11.1 Å². The molecule has 0 saturated carbocycles. The Bertz CT molecular complexity index is 1420. The first kappa shape index (κ1) is 20.1. The van der Waals surface area contributed by atoms with E-state index in [0.29, 0.717) is 12.5 Å². The number of nitrogens with one attached hydrogen (secondary N) is 1. The number of aryl methyl sites for hydroxylation is 1. The number of hydrogen-bond acceptors (Lipinski definition) is 3. The van der Waals surface area contributed by atoms with Crippen LogP contribution in [0.5, 0.6) is 5.88 Å². The van der Waals surface area contributed by atoms with Gasteiger partial charge in [0.05, 0.1) is 29.8 Å². The highest BCUT2D eigenvalue weighted by Crippen LogP contribution is 2.36. The predicted octanol–water partition coefficient (Wildman–Crippen LogP) is 6.58. The second-order valence-corrected chi connectivity index (χ2v) is 8.94. The topological polar surface area (TPSA) is 55.7 Å². The minimum Gasteiger partial charge on any atom is -0.473 e. The number of fused-ring (bicyclic) bond motifs is 2. The molecule has 164 valence electrons. The Labute approximate surface area is 197 Å². The summed E-state index contributed by atoms with van der Waals surface area (Å²) in [6, 6.07) is 18.6. The third-order valence-corrected chi connectivity index (χ3v) is 6.63. The van der Waals surface area contributed by atoms with Crippen molar-refractivity contribution in [2.75, 3.05) is 0 Å². The SMILES string of the molecule is Clc1ccc2c(c1)CCCC2n1cnc(-c2c[nH]c3cnc(OCc4ccccc4)cc23)c1. The number of H-pyrrole nitrogens is 1. The summed E-state index contributed by atoms with van der Waals surface area (Å²) in [7, 11) is 0. The van der Waals surface area contributed by atoms with Gasteiger partial charge in [0, 0.05) is 34.4 Å². The average Bonchev–Trinajstić information content (AvgIpc) is 3.49. The Hall–Kier alpha value is -3.57. The van der Waals surface area contributed by atoms with E-state index in [2.05, 4.69) is 32.9 Å². The summed E-state index contributed by atoms with van der Waals surface area (Å²) in [5.74, 6) is 0.602. The molecule has 1 aliphatic rings. The lowest BCUT2D eigenvalue weighted by molar-refractivity contribution is 0.294. The van der Waals surface area contributed by atoms with Gasteiger partial charge in [-0.2, -0.15) is 0 Å². The highest BCUT2D eigenvalue weighted by molar-refractivity contribution is 6.30. The molecule has 3 heterocycles. The first-order valence-electron chi connectivity index (χ1n) is 11.2. The fraction of sp³-hybridized carbons (Fsp3) is 0.185. The summed E-state index contributed by atoms with van der Waals surface area (Å²) in [4.78, 5) is 12.5. The third-order valence-electron chi connectivity index (χ3n) is 6.40. The Morgan fingerprint density at radius 2 is 2.00 bits per heavy atom. The van der Waals surface area contributed by atoms with Crippen LogP contribution in [-0.2, 0) is 13.0 Å². The first-order chi connectivity index (χ1) is 16.2. The Kier molecular flexibility index (Phi) is 5.11. The van der Waals surface area contributed by atoms with E-state index in [0.717, 1.165) is 52.0 Å². The summed E-state index contributed by atoms with van der Waals surface area (Å²) in [5, 5.41) is 1.85. The molecule has 6 heteroatoms. The number of aromatic amines is 1. The van der Waals surface area contributed by atoms with Crippen LogP contribution in [0.4, 0.5) is 0 Å². The maximum atomic E-state index is 6.23. The van der Waals surface area contributed by atoms with Gasteiger partial charge < -0.3 is 14.3 Å². The molecule has 0 amide bonds. The largest absolute Gasteiger partial charge is 0.473 e. The molecule has 0 aliphatic heterocycles. The summed E-state index contributed by atoms with van der Waals surface area (Å²) in [5.41, 5.74) is 6.73. The number of pyridine rings is 1. The number of hydrogen-bond donors (Lipinski definition) is 1. The molecule has 0 radical (unpaired) electrons. The molecule has 1 aliphatic carbocycles. The number of ether oxygens (including phenoxy) is 1. The molecule has 0 fully saturated rings. The maximum Gasteiger partial charge on any atom is 0.214 e. The van der Waals surface area contributed by atoms with Crippen molar-refractivity contribution < 1.29 is 4.74 Å². The van der Waals surface area contributed by atoms with Gasteiger partial charge in [0.2, 0.25) is 5.88 Å². The maximum absolute atomic E-state index is 6.23. The van der Waals surface area contributed by atoms with Gasteiger partial charge in [-0.1, -0.05) is 48.0 Å². The van der Waals surface area contributed by atoms with Gasteiger partial charge in [0.15, 0.2) is 0 Å². The molecule has 5 nitrogen and oxygen atoms in total. The van der Waals surface area contributed by atoms with Crippen LogP contribution in [0.2, 0.25) is 5.02 Å².